The van der Waals surface area contributed by atoms with Crippen molar-refractivity contribution in [3.63, 3.8) is 0 Å². The lowest BCUT2D eigenvalue weighted by molar-refractivity contribution is -0.119. The molecule has 3 amide bonds. The number of carbonyl (C=O) groups is 3. The van der Waals surface area contributed by atoms with Crippen LogP contribution in [0.15, 0.2) is 29.2 Å². The molecular formula is C14H15N3O4S. The van der Waals surface area contributed by atoms with E-state index in [4.69, 9.17) is 0 Å². The Balaban J connectivity index is 1.71. The van der Waals surface area contributed by atoms with Gasteiger partial charge < -0.3 is 4.90 Å². The third-order valence-electron chi connectivity index (χ3n) is 3.68. The maximum Gasteiger partial charge on any atom is 0.336 e. The van der Waals surface area contributed by atoms with Gasteiger partial charge in [0.15, 0.2) is 11.0 Å². The molecule has 0 bridgehead atoms. The summed E-state index contributed by atoms with van der Waals surface area (Å²) in [4.78, 5) is 36.5. The molecule has 0 radical (unpaired) electrons. The Morgan fingerprint density at radius 1 is 1.00 bits per heavy atom. The first-order valence-corrected chi connectivity index (χ1v) is 8.05. The average Bonchev–Trinajstić information content (AvgIpc) is 2.86. The van der Waals surface area contributed by atoms with E-state index < -0.39 is 22.9 Å². The number of hydrogen-bond acceptors (Lipinski definition) is 5. The van der Waals surface area contributed by atoms with E-state index in [1.54, 1.807) is 12.1 Å². The molecule has 1 aromatic carbocycles. The molecule has 0 aromatic heterocycles. The molecule has 2 heterocycles. The number of ketones is 1. The first-order chi connectivity index (χ1) is 10.5. The highest BCUT2D eigenvalue weighted by Crippen LogP contribution is 2.21. The monoisotopic (exact) mass is 321 g/mol. The fraction of sp³-hybridized carbons (Fsp3) is 0.357. The number of nitrogens with one attached hydrogen (secondary N) is 1. The van der Waals surface area contributed by atoms with E-state index in [1.165, 1.54) is 0 Å². The fourth-order valence-electron chi connectivity index (χ4n) is 2.47. The summed E-state index contributed by atoms with van der Waals surface area (Å²) < 4.78 is 13.3. The summed E-state index contributed by atoms with van der Waals surface area (Å²) >= 11 is 0. The second-order valence-electron chi connectivity index (χ2n) is 5.16. The molecule has 2 fully saturated rings. The van der Waals surface area contributed by atoms with Gasteiger partial charge in [-0.1, -0.05) is 0 Å². The summed E-state index contributed by atoms with van der Waals surface area (Å²) in [5.41, 5.74) is 0.954. The molecule has 22 heavy (non-hydrogen) atoms. The van der Waals surface area contributed by atoms with E-state index >= 15 is 0 Å². The Bertz CT molecular complexity index is 649. The van der Waals surface area contributed by atoms with E-state index in [-0.39, 0.29) is 12.3 Å². The van der Waals surface area contributed by atoms with Crippen molar-refractivity contribution >= 4 is 34.4 Å². The quantitative estimate of drug-likeness (QED) is 0.816. The lowest BCUT2D eigenvalue weighted by Crippen LogP contribution is -2.33. The first-order valence-electron chi connectivity index (χ1n) is 6.94. The van der Waals surface area contributed by atoms with Gasteiger partial charge in [-0.05, 0) is 24.3 Å². The van der Waals surface area contributed by atoms with Crippen molar-refractivity contribution in [2.75, 3.05) is 24.5 Å². The zero-order chi connectivity index (χ0) is 15.7. The van der Waals surface area contributed by atoms with Gasteiger partial charge in [-0.15, -0.1) is 0 Å². The number of benzene rings is 1. The van der Waals surface area contributed by atoms with Gasteiger partial charge in [0.1, 0.15) is 12.3 Å². The number of amides is 3. The van der Waals surface area contributed by atoms with Crippen LogP contribution in [0, 0.1) is 0 Å². The van der Waals surface area contributed by atoms with Crippen LogP contribution in [0.25, 0.3) is 0 Å². The number of rotatable bonds is 3. The van der Waals surface area contributed by atoms with Crippen LogP contribution < -0.4 is 10.2 Å². The van der Waals surface area contributed by atoms with Crippen LogP contribution in [0.5, 0.6) is 0 Å². The van der Waals surface area contributed by atoms with Crippen LogP contribution in [0.3, 0.4) is 0 Å². The Morgan fingerprint density at radius 2 is 1.64 bits per heavy atom. The van der Waals surface area contributed by atoms with Crippen LogP contribution in [0.4, 0.5) is 10.5 Å². The topological polar surface area (TPSA) is 86.8 Å². The van der Waals surface area contributed by atoms with Gasteiger partial charge >= 0.3 is 6.03 Å². The predicted molar refractivity (Wildman–Crippen MR) is 79.5 cm³/mol. The molecule has 2 aliphatic rings. The minimum Gasteiger partial charge on any atom is -0.371 e. The Morgan fingerprint density at radius 3 is 2.18 bits per heavy atom. The summed E-state index contributed by atoms with van der Waals surface area (Å²) in [7, 11) is -1.70. The normalized spacial score (nSPS) is 20.3. The number of piperidine rings is 1. The average molecular weight is 321 g/mol. The number of nitrogens with zero attached hydrogens (tertiary/aromatic N) is 2. The molecule has 3 rings (SSSR count). The van der Waals surface area contributed by atoms with Crippen LogP contribution >= 0.6 is 0 Å². The summed E-state index contributed by atoms with van der Waals surface area (Å²) in [5, 5.41) is 2.10. The van der Waals surface area contributed by atoms with E-state index in [2.05, 4.69) is 10.2 Å². The molecule has 1 atom stereocenters. The largest absolute Gasteiger partial charge is 0.371 e. The molecule has 0 spiro atoms. The number of hydrogen-bond donors (Lipinski definition) is 1. The van der Waals surface area contributed by atoms with Gasteiger partial charge in [-0.2, -0.15) is 0 Å². The van der Waals surface area contributed by atoms with E-state index in [0.29, 0.717) is 30.8 Å². The Hall–Kier alpha value is -2.22. The molecule has 7 nitrogen and oxygen atoms in total. The van der Waals surface area contributed by atoms with Gasteiger partial charge in [0, 0.05) is 31.6 Å². The first kappa shape index (κ1) is 14.7. The number of anilines is 1. The van der Waals surface area contributed by atoms with Crippen molar-refractivity contribution in [1.29, 1.82) is 0 Å². The van der Waals surface area contributed by atoms with Gasteiger partial charge in [-0.25, -0.2) is 13.3 Å². The van der Waals surface area contributed by atoms with E-state index in [9.17, 15) is 18.6 Å². The van der Waals surface area contributed by atoms with Gasteiger partial charge in [-0.3, -0.25) is 14.9 Å². The van der Waals surface area contributed by atoms with E-state index in [1.807, 2.05) is 12.1 Å². The van der Waals surface area contributed by atoms with Crippen LogP contribution in [0.2, 0.25) is 0 Å². The standard InChI is InChI=1S/C14H15N3O4S/c18-11-5-7-16(8-6-11)10-1-3-12(4-2-10)22(21)17-9-13(19)15-14(17)20/h1-4H,5-9H2,(H,15,19,20). The lowest BCUT2D eigenvalue weighted by Gasteiger charge is -2.28. The Labute approximate surface area is 129 Å². The number of Topliss-reactive ketones (excluding diaryl/α,β-unsaturated/α-hetero) is 1. The van der Waals surface area contributed by atoms with Gasteiger partial charge in [0.25, 0.3) is 0 Å². The third-order valence-corrected chi connectivity index (χ3v) is 5.06. The molecule has 1 aromatic rings. The lowest BCUT2D eigenvalue weighted by atomic mass is 10.1. The molecule has 2 saturated heterocycles. The van der Waals surface area contributed by atoms with Crippen LogP contribution in [-0.2, 0) is 20.6 Å². The van der Waals surface area contributed by atoms with Crippen molar-refractivity contribution in [2.24, 2.45) is 0 Å². The summed E-state index contributed by atoms with van der Waals surface area (Å²) in [6.45, 7) is 1.18. The second kappa shape index (κ2) is 5.88. The highest BCUT2D eigenvalue weighted by Gasteiger charge is 2.32. The van der Waals surface area contributed by atoms with Crippen LogP contribution in [0.1, 0.15) is 12.8 Å². The van der Waals surface area contributed by atoms with Gasteiger partial charge in [0.2, 0.25) is 5.91 Å². The zero-order valence-corrected chi connectivity index (χ0v) is 12.6. The van der Waals surface area contributed by atoms with Crippen LogP contribution in [-0.4, -0.2) is 45.9 Å². The Kier molecular flexibility index (Phi) is 3.93. The molecule has 0 saturated carbocycles. The molecule has 8 heteroatoms. The van der Waals surface area contributed by atoms with Crippen molar-refractivity contribution in [3.05, 3.63) is 24.3 Å². The predicted octanol–water partition coefficient (Wildman–Crippen LogP) is 0.430. The molecule has 116 valence electrons. The molecule has 2 aliphatic heterocycles. The van der Waals surface area contributed by atoms with Crippen molar-refractivity contribution in [3.8, 4) is 0 Å². The number of imide groups is 1. The third kappa shape index (κ3) is 2.87. The van der Waals surface area contributed by atoms with Crippen molar-refractivity contribution in [1.82, 2.24) is 9.62 Å². The van der Waals surface area contributed by atoms with Gasteiger partial charge in [0.05, 0.1) is 4.90 Å². The smallest absolute Gasteiger partial charge is 0.336 e. The number of urea groups is 1. The molecule has 1 unspecified atom stereocenters. The SMILES string of the molecule is O=C1CCN(c2ccc(S(=O)N3CC(=O)NC3=O)cc2)CC1. The second-order valence-corrected chi connectivity index (χ2v) is 6.57. The van der Waals surface area contributed by atoms with Crippen molar-refractivity contribution < 1.29 is 18.6 Å². The number of carbonyl (C=O) groups excluding carboxylic acids is 3. The summed E-state index contributed by atoms with van der Waals surface area (Å²) in [5.74, 6) is -0.174. The van der Waals surface area contributed by atoms with Crippen molar-refractivity contribution in [2.45, 2.75) is 17.7 Å². The zero-order valence-electron chi connectivity index (χ0n) is 11.8. The van der Waals surface area contributed by atoms with E-state index in [0.717, 1.165) is 9.99 Å². The molecule has 0 aliphatic carbocycles. The highest BCUT2D eigenvalue weighted by atomic mass is 32.2. The maximum absolute atomic E-state index is 12.3. The summed E-state index contributed by atoms with van der Waals surface area (Å²) in [6.07, 6.45) is 1.09. The summed E-state index contributed by atoms with van der Waals surface area (Å²) in [6, 6.07) is 6.36. The minimum absolute atomic E-state index is 0.193. The molecular weight excluding hydrogens is 306 g/mol. The molecule has 1 N–H and O–H groups in total. The fourth-order valence-corrected chi connectivity index (χ4v) is 3.53. The minimum atomic E-state index is -1.70. The maximum atomic E-state index is 12.3. The highest BCUT2D eigenvalue weighted by molar-refractivity contribution is 7.83.